The molecule has 0 saturated heterocycles. The molecule has 0 radical (unpaired) electrons. The molecule has 4 nitrogen and oxygen atoms in total. The van der Waals surface area contributed by atoms with Gasteiger partial charge in [-0.1, -0.05) is 11.6 Å². The van der Waals surface area contributed by atoms with Gasteiger partial charge in [0.05, 0.1) is 10.2 Å². The molecule has 1 aromatic heterocycles. The first-order valence-corrected chi connectivity index (χ1v) is 7.17. The molecule has 1 heterocycles. The lowest BCUT2D eigenvalue weighted by atomic mass is 10.3. The Morgan fingerprint density at radius 3 is 2.90 bits per heavy atom. The molecule has 7 heteroatoms. The standard InChI is InChI=1S/C14H11BrClFN2O2/c1-8(21-12-5-4-9(17)7-10(12)15)14(20)19-11-3-2-6-18-13(11)16/h2-8H,1H3,(H,19,20)/t8-/m0/s1. The SMILES string of the molecule is C[C@H](Oc1ccc(F)cc1Br)C(=O)Nc1cccnc1Cl. The Morgan fingerprint density at radius 2 is 2.24 bits per heavy atom. The second-order valence-electron chi connectivity index (χ2n) is 4.17. The monoisotopic (exact) mass is 372 g/mol. The molecule has 0 aliphatic rings. The van der Waals surface area contributed by atoms with Crippen molar-refractivity contribution in [3.63, 3.8) is 0 Å². The van der Waals surface area contributed by atoms with Crippen molar-refractivity contribution < 1.29 is 13.9 Å². The molecule has 1 amide bonds. The fourth-order valence-electron chi connectivity index (χ4n) is 1.53. The molecular weight excluding hydrogens is 363 g/mol. The van der Waals surface area contributed by atoms with Gasteiger partial charge in [-0.2, -0.15) is 0 Å². The van der Waals surface area contributed by atoms with E-state index < -0.39 is 11.9 Å². The van der Waals surface area contributed by atoms with E-state index in [1.807, 2.05) is 0 Å². The zero-order chi connectivity index (χ0) is 15.4. The summed E-state index contributed by atoms with van der Waals surface area (Å²) < 4.78 is 18.9. The molecule has 0 unspecified atom stereocenters. The highest BCUT2D eigenvalue weighted by Gasteiger charge is 2.17. The molecule has 21 heavy (non-hydrogen) atoms. The van der Waals surface area contributed by atoms with E-state index in [0.29, 0.717) is 15.9 Å². The van der Waals surface area contributed by atoms with Gasteiger partial charge in [-0.05, 0) is 53.2 Å². The van der Waals surface area contributed by atoms with Gasteiger partial charge in [0.2, 0.25) is 0 Å². The highest BCUT2D eigenvalue weighted by atomic mass is 79.9. The number of hydrogen-bond donors (Lipinski definition) is 1. The highest BCUT2D eigenvalue weighted by molar-refractivity contribution is 9.10. The van der Waals surface area contributed by atoms with Crippen LogP contribution in [0.3, 0.4) is 0 Å². The summed E-state index contributed by atoms with van der Waals surface area (Å²) in [6.45, 7) is 1.58. The molecule has 2 rings (SSSR count). The molecule has 0 bridgehead atoms. The fourth-order valence-corrected chi connectivity index (χ4v) is 2.14. The highest BCUT2D eigenvalue weighted by Crippen LogP contribution is 2.26. The van der Waals surface area contributed by atoms with Gasteiger partial charge in [-0.25, -0.2) is 9.37 Å². The second kappa shape index (κ2) is 6.87. The number of nitrogens with zero attached hydrogens (tertiary/aromatic N) is 1. The van der Waals surface area contributed by atoms with Crippen molar-refractivity contribution in [2.45, 2.75) is 13.0 Å². The molecule has 0 saturated carbocycles. The summed E-state index contributed by atoms with van der Waals surface area (Å²) in [5.41, 5.74) is 0.401. The molecule has 0 spiro atoms. The number of anilines is 1. The summed E-state index contributed by atoms with van der Waals surface area (Å²) >= 11 is 9.04. The number of rotatable bonds is 4. The average molecular weight is 374 g/mol. The number of halogens is 3. The van der Waals surface area contributed by atoms with E-state index in [4.69, 9.17) is 16.3 Å². The number of carbonyl (C=O) groups is 1. The van der Waals surface area contributed by atoms with Crippen LogP contribution in [0.25, 0.3) is 0 Å². The molecule has 2 aromatic rings. The van der Waals surface area contributed by atoms with Crippen molar-refractivity contribution in [1.82, 2.24) is 4.98 Å². The van der Waals surface area contributed by atoms with Gasteiger partial charge in [-0.3, -0.25) is 4.79 Å². The Bertz CT molecular complexity index is 669. The predicted octanol–water partition coefficient (Wildman–Crippen LogP) is 4.04. The topological polar surface area (TPSA) is 51.2 Å². The van der Waals surface area contributed by atoms with E-state index in [1.165, 1.54) is 24.4 Å². The number of benzene rings is 1. The Hall–Kier alpha value is -1.66. The summed E-state index contributed by atoms with van der Waals surface area (Å²) in [5.74, 6) is -0.411. The van der Waals surface area contributed by atoms with E-state index >= 15 is 0 Å². The normalized spacial score (nSPS) is 11.8. The van der Waals surface area contributed by atoms with Gasteiger partial charge in [0.1, 0.15) is 11.6 Å². The third kappa shape index (κ3) is 4.15. The molecule has 1 atom stereocenters. The van der Waals surface area contributed by atoms with Gasteiger partial charge in [0.25, 0.3) is 5.91 Å². The van der Waals surface area contributed by atoms with Crippen LogP contribution in [0.2, 0.25) is 5.15 Å². The van der Waals surface area contributed by atoms with Crippen LogP contribution in [0.5, 0.6) is 5.75 Å². The zero-order valence-corrected chi connectivity index (χ0v) is 13.3. The van der Waals surface area contributed by atoms with Crippen LogP contribution in [0.4, 0.5) is 10.1 Å². The fraction of sp³-hybridized carbons (Fsp3) is 0.143. The summed E-state index contributed by atoms with van der Waals surface area (Å²) in [6, 6.07) is 7.25. The summed E-state index contributed by atoms with van der Waals surface area (Å²) in [4.78, 5) is 15.9. The van der Waals surface area contributed by atoms with Crippen molar-refractivity contribution in [2.75, 3.05) is 5.32 Å². The van der Waals surface area contributed by atoms with Crippen LogP contribution in [-0.4, -0.2) is 17.0 Å². The van der Waals surface area contributed by atoms with Crippen molar-refractivity contribution in [1.29, 1.82) is 0 Å². The minimum absolute atomic E-state index is 0.195. The largest absolute Gasteiger partial charge is 0.480 e. The molecular formula is C14H11BrClFN2O2. The third-order valence-corrected chi connectivity index (χ3v) is 3.50. The number of carbonyl (C=O) groups excluding carboxylic acids is 1. The van der Waals surface area contributed by atoms with Gasteiger partial charge >= 0.3 is 0 Å². The number of nitrogens with one attached hydrogen (secondary N) is 1. The van der Waals surface area contributed by atoms with Crippen LogP contribution in [0, 0.1) is 5.82 Å². The van der Waals surface area contributed by atoms with Gasteiger partial charge < -0.3 is 10.1 Å². The van der Waals surface area contributed by atoms with Crippen molar-refractivity contribution in [3.05, 3.63) is 52.0 Å². The number of hydrogen-bond acceptors (Lipinski definition) is 3. The average Bonchev–Trinajstić information content (AvgIpc) is 2.44. The quantitative estimate of drug-likeness (QED) is 0.823. The maximum Gasteiger partial charge on any atom is 0.265 e. The first-order chi connectivity index (χ1) is 9.97. The lowest BCUT2D eigenvalue weighted by Crippen LogP contribution is -2.30. The van der Waals surface area contributed by atoms with Crippen molar-refractivity contribution in [3.8, 4) is 5.75 Å². The third-order valence-electron chi connectivity index (χ3n) is 2.58. The molecule has 0 fully saturated rings. The second-order valence-corrected chi connectivity index (χ2v) is 5.38. The Kier molecular flexibility index (Phi) is 5.14. The van der Waals surface area contributed by atoms with Crippen LogP contribution >= 0.6 is 27.5 Å². The number of pyridine rings is 1. The number of ether oxygens (including phenoxy) is 1. The maximum absolute atomic E-state index is 13.0. The molecule has 0 aliphatic carbocycles. The summed E-state index contributed by atoms with van der Waals surface area (Å²) in [7, 11) is 0. The van der Waals surface area contributed by atoms with Gasteiger partial charge in [0.15, 0.2) is 11.3 Å². The van der Waals surface area contributed by atoms with Gasteiger partial charge in [-0.15, -0.1) is 0 Å². The van der Waals surface area contributed by atoms with E-state index in [2.05, 4.69) is 26.2 Å². The first-order valence-electron chi connectivity index (χ1n) is 6.00. The maximum atomic E-state index is 13.0. The zero-order valence-electron chi connectivity index (χ0n) is 10.9. The van der Waals surface area contributed by atoms with Crippen LogP contribution in [0.1, 0.15) is 6.92 Å². The van der Waals surface area contributed by atoms with Crippen molar-refractivity contribution >= 4 is 39.1 Å². The Morgan fingerprint density at radius 1 is 1.48 bits per heavy atom. The molecule has 0 aliphatic heterocycles. The first kappa shape index (κ1) is 15.7. The van der Waals surface area contributed by atoms with Crippen molar-refractivity contribution in [2.24, 2.45) is 0 Å². The minimum atomic E-state index is -0.789. The lowest BCUT2D eigenvalue weighted by molar-refractivity contribution is -0.122. The van der Waals surface area contributed by atoms with Crippen LogP contribution in [-0.2, 0) is 4.79 Å². The summed E-state index contributed by atoms with van der Waals surface area (Å²) in [6.07, 6.45) is 0.733. The van der Waals surface area contributed by atoms with Crippen LogP contribution < -0.4 is 10.1 Å². The van der Waals surface area contributed by atoms with Crippen LogP contribution in [0.15, 0.2) is 41.0 Å². The molecule has 1 N–H and O–H groups in total. The Balaban J connectivity index is 2.04. The lowest BCUT2D eigenvalue weighted by Gasteiger charge is -2.16. The van der Waals surface area contributed by atoms with E-state index in [0.717, 1.165) is 0 Å². The predicted molar refractivity (Wildman–Crippen MR) is 82.1 cm³/mol. The van der Waals surface area contributed by atoms with E-state index in [-0.39, 0.29) is 11.1 Å². The number of amides is 1. The molecule has 1 aromatic carbocycles. The number of aromatic nitrogens is 1. The smallest absolute Gasteiger partial charge is 0.265 e. The van der Waals surface area contributed by atoms with Gasteiger partial charge in [0, 0.05) is 6.20 Å². The summed E-state index contributed by atoms with van der Waals surface area (Å²) in [5, 5.41) is 2.81. The van der Waals surface area contributed by atoms with E-state index in [9.17, 15) is 9.18 Å². The Labute approximate surface area is 134 Å². The molecule has 110 valence electrons. The van der Waals surface area contributed by atoms with E-state index in [1.54, 1.807) is 19.1 Å². The minimum Gasteiger partial charge on any atom is -0.480 e.